The maximum absolute atomic E-state index is 10.9. The predicted octanol–water partition coefficient (Wildman–Crippen LogP) is 2.85. The summed E-state index contributed by atoms with van der Waals surface area (Å²) in [7, 11) is -1.67. The molecule has 0 aliphatic rings. The molecular weight excluding hydrogens is 272 g/mol. The van der Waals surface area contributed by atoms with Gasteiger partial charge in [-0.3, -0.25) is 4.79 Å². The fourth-order valence-electron chi connectivity index (χ4n) is 0.573. The number of ether oxygens (including phenoxy) is 1. The molecule has 0 aromatic heterocycles. The minimum atomic E-state index is -1.67. The van der Waals surface area contributed by atoms with Crippen molar-refractivity contribution in [1.82, 2.24) is 0 Å². The average Bonchev–Trinajstić information content (AvgIpc) is 1.95. The molecule has 5 heteroatoms. The first-order valence-corrected chi connectivity index (χ1v) is 9.01. The Labute approximate surface area is 93.1 Å². The number of rotatable bonds is 4. The van der Waals surface area contributed by atoms with Crippen LogP contribution >= 0.6 is 27.0 Å². The highest BCUT2D eigenvalue weighted by Crippen LogP contribution is 2.08. The van der Waals surface area contributed by atoms with Gasteiger partial charge in [0.15, 0.2) is 7.38 Å². The third kappa shape index (κ3) is 8.52. The molecule has 0 fully saturated rings. The molecule has 0 rings (SSSR count). The third-order valence-corrected chi connectivity index (χ3v) is 2.94. The molecule has 0 saturated carbocycles. The molecule has 0 aromatic carbocycles. The molecule has 0 radical (unpaired) electrons. The summed E-state index contributed by atoms with van der Waals surface area (Å²) < 4.78 is 4.89. The van der Waals surface area contributed by atoms with Gasteiger partial charge in [0.05, 0.1) is 0 Å². The maximum atomic E-state index is 10.9. The van der Waals surface area contributed by atoms with E-state index in [0.717, 1.165) is 0 Å². The molecule has 0 amide bonds. The number of hydrogen-bond acceptors (Lipinski definition) is 2. The van der Waals surface area contributed by atoms with Gasteiger partial charge in [0.2, 0.25) is 0 Å². The minimum absolute atomic E-state index is 0.248. The fourth-order valence-corrected chi connectivity index (χ4v) is 1.63. The highest BCUT2D eigenvalue weighted by atomic mass is 79.9. The topological polar surface area (TPSA) is 26.3 Å². The van der Waals surface area contributed by atoms with Crippen LogP contribution in [0, 0.1) is 0 Å². The van der Waals surface area contributed by atoms with Gasteiger partial charge in [-0.15, -0.1) is 0 Å². The van der Waals surface area contributed by atoms with Gasteiger partial charge in [-0.1, -0.05) is 40.8 Å². The van der Waals surface area contributed by atoms with Crippen molar-refractivity contribution in [1.29, 1.82) is 0 Å². The van der Waals surface area contributed by atoms with Crippen molar-refractivity contribution in [2.45, 2.75) is 24.8 Å². The maximum Gasteiger partial charge on any atom is 0.319 e. The van der Waals surface area contributed by atoms with Crippen molar-refractivity contribution in [3.63, 3.8) is 0 Å². The molecule has 0 aromatic rings. The molecule has 0 heterocycles. The fraction of sp³-hybridized carbons (Fsp3) is 0.625. The first-order chi connectivity index (χ1) is 5.83. The quantitative estimate of drug-likeness (QED) is 0.344. The average molecular weight is 286 g/mol. The van der Waals surface area contributed by atoms with E-state index in [1.165, 1.54) is 0 Å². The number of esters is 1. The molecule has 0 spiro atoms. The van der Waals surface area contributed by atoms with Crippen LogP contribution in [-0.4, -0.2) is 24.8 Å². The second-order valence-electron chi connectivity index (χ2n) is 3.21. The Kier molecular flexibility index (Phi) is 5.92. The molecule has 0 aliphatic heterocycles. The van der Waals surface area contributed by atoms with E-state index >= 15 is 0 Å². The standard InChI is InChI=1S/C8H14BrClO2Si/c1-7(9)8(11)12-5-4-6-13(2,3)10/h4,6-7H,5H2,1-3H3/b6-4+. The summed E-state index contributed by atoms with van der Waals surface area (Å²) in [5, 5.41) is 0. The Morgan fingerprint density at radius 2 is 2.23 bits per heavy atom. The third-order valence-electron chi connectivity index (χ3n) is 1.16. The van der Waals surface area contributed by atoms with E-state index in [9.17, 15) is 4.79 Å². The zero-order valence-corrected chi connectivity index (χ0v) is 11.4. The minimum Gasteiger partial charge on any atom is -0.461 e. The first kappa shape index (κ1) is 13.2. The van der Waals surface area contributed by atoms with Crippen molar-refractivity contribution >= 4 is 40.4 Å². The van der Waals surface area contributed by atoms with Gasteiger partial charge >= 0.3 is 5.97 Å². The van der Waals surface area contributed by atoms with Gasteiger partial charge in [0, 0.05) is 0 Å². The Morgan fingerprint density at radius 1 is 1.69 bits per heavy atom. The van der Waals surface area contributed by atoms with Gasteiger partial charge in [-0.25, -0.2) is 0 Å². The van der Waals surface area contributed by atoms with Crippen molar-refractivity contribution in [3.05, 3.63) is 11.8 Å². The molecule has 2 nitrogen and oxygen atoms in total. The number of halogens is 2. The summed E-state index contributed by atoms with van der Waals surface area (Å²) in [4.78, 5) is 10.7. The van der Waals surface area contributed by atoms with Crippen LogP contribution in [0.3, 0.4) is 0 Å². The number of carbonyl (C=O) groups is 1. The van der Waals surface area contributed by atoms with E-state index in [4.69, 9.17) is 15.8 Å². The van der Waals surface area contributed by atoms with Crippen LogP contribution in [0.2, 0.25) is 13.1 Å². The van der Waals surface area contributed by atoms with Crippen LogP contribution < -0.4 is 0 Å². The lowest BCUT2D eigenvalue weighted by atomic mass is 10.5. The summed E-state index contributed by atoms with van der Waals surface area (Å²) in [6.07, 6.45) is 1.80. The summed E-state index contributed by atoms with van der Waals surface area (Å²) in [6, 6.07) is 0. The molecule has 76 valence electrons. The van der Waals surface area contributed by atoms with E-state index in [2.05, 4.69) is 15.9 Å². The monoisotopic (exact) mass is 284 g/mol. The molecule has 1 unspecified atom stereocenters. The Hall–Kier alpha value is 0.197. The van der Waals surface area contributed by atoms with E-state index < -0.39 is 7.38 Å². The molecule has 0 saturated heterocycles. The number of carbonyl (C=O) groups excluding carboxylic acids is 1. The number of hydrogen-bond donors (Lipinski definition) is 0. The molecular formula is C8H14BrClO2Si. The lowest BCUT2D eigenvalue weighted by molar-refractivity contribution is -0.141. The van der Waals surface area contributed by atoms with E-state index in [-0.39, 0.29) is 10.8 Å². The smallest absolute Gasteiger partial charge is 0.319 e. The van der Waals surface area contributed by atoms with Gasteiger partial charge in [-0.2, -0.15) is 11.1 Å². The van der Waals surface area contributed by atoms with E-state index in [1.54, 1.807) is 13.0 Å². The van der Waals surface area contributed by atoms with Crippen LogP contribution in [0.5, 0.6) is 0 Å². The van der Waals surface area contributed by atoms with Gasteiger partial charge in [0.25, 0.3) is 0 Å². The molecule has 0 aliphatic carbocycles. The second-order valence-corrected chi connectivity index (χ2v) is 11.0. The van der Waals surface area contributed by atoms with Crippen LogP contribution in [0.25, 0.3) is 0 Å². The summed E-state index contributed by atoms with van der Waals surface area (Å²) in [5.74, 6) is -0.251. The van der Waals surface area contributed by atoms with E-state index in [0.29, 0.717) is 6.61 Å². The summed E-state index contributed by atoms with van der Waals surface area (Å²) in [5.41, 5.74) is 1.93. The molecule has 13 heavy (non-hydrogen) atoms. The van der Waals surface area contributed by atoms with Crippen molar-refractivity contribution < 1.29 is 9.53 Å². The van der Waals surface area contributed by atoms with Crippen molar-refractivity contribution in [2.24, 2.45) is 0 Å². The van der Waals surface area contributed by atoms with Crippen LogP contribution in [0.15, 0.2) is 11.8 Å². The van der Waals surface area contributed by atoms with Crippen LogP contribution in [-0.2, 0) is 9.53 Å². The summed E-state index contributed by atoms with van der Waals surface area (Å²) in [6.45, 7) is 6.03. The van der Waals surface area contributed by atoms with Crippen LogP contribution in [0.1, 0.15) is 6.92 Å². The Morgan fingerprint density at radius 3 is 2.62 bits per heavy atom. The highest BCUT2D eigenvalue weighted by Gasteiger charge is 2.11. The highest BCUT2D eigenvalue weighted by molar-refractivity contribution is 9.10. The Bertz CT molecular complexity index is 199. The predicted molar refractivity (Wildman–Crippen MR) is 61.8 cm³/mol. The van der Waals surface area contributed by atoms with E-state index in [1.807, 2.05) is 18.8 Å². The largest absolute Gasteiger partial charge is 0.461 e. The molecule has 1 atom stereocenters. The van der Waals surface area contributed by atoms with Gasteiger partial charge < -0.3 is 4.74 Å². The zero-order chi connectivity index (χ0) is 10.5. The van der Waals surface area contributed by atoms with Crippen LogP contribution in [0.4, 0.5) is 0 Å². The van der Waals surface area contributed by atoms with Gasteiger partial charge in [0.1, 0.15) is 11.4 Å². The molecule has 0 N–H and O–H groups in total. The van der Waals surface area contributed by atoms with Crippen molar-refractivity contribution in [2.75, 3.05) is 6.61 Å². The summed E-state index contributed by atoms with van der Waals surface area (Å²) >= 11 is 9.13. The lowest BCUT2D eigenvalue weighted by Crippen LogP contribution is -2.15. The second kappa shape index (κ2) is 5.83. The van der Waals surface area contributed by atoms with Gasteiger partial charge in [-0.05, 0) is 6.92 Å². The van der Waals surface area contributed by atoms with Crippen molar-refractivity contribution in [3.8, 4) is 0 Å². The lowest BCUT2D eigenvalue weighted by Gasteiger charge is -2.06. The number of alkyl halides is 1. The first-order valence-electron chi connectivity index (χ1n) is 4.00. The molecule has 0 bridgehead atoms. The Balaban J connectivity index is 3.69. The normalized spacial score (nSPS) is 14.5. The SMILES string of the molecule is CC(Br)C(=O)OC/C=C/[Si](C)(C)Cl. The zero-order valence-electron chi connectivity index (χ0n) is 8.01.